The second kappa shape index (κ2) is 6.20. The van der Waals surface area contributed by atoms with Crippen molar-refractivity contribution in [2.75, 3.05) is 18.5 Å². The third kappa shape index (κ3) is 3.80. The van der Waals surface area contributed by atoms with Crippen LogP contribution in [0.15, 0.2) is 18.7 Å². The average molecular weight is 261 g/mol. The summed E-state index contributed by atoms with van der Waals surface area (Å²) in [6.07, 6.45) is 1.94. The van der Waals surface area contributed by atoms with Gasteiger partial charge in [-0.2, -0.15) is 0 Å². The number of hydrogen-bond donors (Lipinski definition) is 1. The fourth-order valence-corrected chi connectivity index (χ4v) is 2.27. The molecule has 19 heavy (non-hydrogen) atoms. The summed E-state index contributed by atoms with van der Waals surface area (Å²) in [5.74, 6) is 1.07. The van der Waals surface area contributed by atoms with Crippen molar-refractivity contribution in [1.82, 2.24) is 10.3 Å². The van der Waals surface area contributed by atoms with Crippen LogP contribution in [0.3, 0.4) is 0 Å². The molecule has 0 amide bonds. The topological polar surface area (TPSA) is 28.2 Å². The molecule has 1 aromatic rings. The number of aryl methyl sites for hydroxylation is 2. The summed E-state index contributed by atoms with van der Waals surface area (Å²) in [6.45, 7) is 16.3. The predicted octanol–water partition coefficient (Wildman–Crippen LogP) is 3.21. The molecule has 0 bridgehead atoms. The molecule has 1 rings (SSSR count). The maximum Gasteiger partial charge on any atom is 0.134 e. The van der Waals surface area contributed by atoms with Crippen molar-refractivity contribution < 1.29 is 0 Å². The molecule has 0 saturated carbocycles. The number of rotatable bonds is 5. The van der Waals surface area contributed by atoms with Gasteiger partial charge >= 0.3 is 0 Å². The Hall–Kier alpha value is -1.35. The summed E-state index contributed by atoms with van der Waals surface area (Å²) in [7, 11) is 1.97. The number of aromatic nitrogens is 1. The highest BCUT2D eigenvalue weighted by Crippen LogP contribution is 2.28. The quantitative estimate of drug-likeness (QED) is 0.825. The van der Waals surface area contributed by atoms with E-state index in [0.717, 1.165) is 24.6 Å². The Balaban J connectivity index is 3.39. The lowest BCUT2D eigenvalue weighted by atomic mass is 10.0. The number of anilines is 1. The minimum Gasteiger partial charge on any atom is -0.348 e. The number of pyridine rings is 1. The molecule has 1 aromatic heterocycles. The molecule has 0 aliphatic rings. The zero-order chi connectivity index (χ0) is 14.6. The van der Waals surface area contributed by atoms with E-state index >= 15 is 0 Å². The minimum absolute atomic E-state index is 0.0178. The molecule has 3 heteroatoms. The van der Waals surface area contributed by atoms with Crippen molar-refractivity contribution in [3.8, 4) is 0 Å². The van der Waals surface area contributed by atoms with E-state index in [1.165, 1.54) is 11.1 Å². The lowest BCUT2D eigenvalue weighted by Gasteiger charge is -2.37. The predicted molar refractivity (Wildman–Crippen MR) is 83.8 cm³/mol. The fourth-order valence-electron chi connectivity index (χ4n) is 2.27. The molecule has 0 aliphatic heterocycles. The third-order valence-electron chi connectivity index (χ3n) is 3.18. The van der Waals surface area contributed by atoms with Crippen molar-refractivity contribution in [3.05, 3.63) is 35.5 Å². The van der Waals surface area contributed by atoms with E-state index in [1.807, 2.05) is 13.1 Å². The van der Waals surface area contributed by atoms with Gasteiger partial charge in [0.15, 0.2) is 0 Å². The van der Waals surface area contributed by atoms with Crippen molar-refractivity contribution in [2.24, 2.45) is 0 Å². The van der Waals surface area contributed by atoms with Crippen LogP contribution in [0.2, 0.25) is 0 Å². The van der Waals surface area contributed by atoms with E-state index < -0.39 is 0 Å². The summed E-state index contributed by atoms with van der Waals surface area (Å²) in [4.78, 5) is 7.09. The Labute approximate surface area is 117 Å². The van der Waals surface area contributed by atoms with E-state index in [0.29, 0.717) is 0 Å². The Bertz CT molecular complexity index is 444. The van der Waals surface area contributed by atoms with Gasteiger partial charge in [-0.1, -0.05) is 6.08 Å². The number of nitrogens with zero attached hydrogens (tertiary/aromatic N) is 2. The summed E-state index contributed by atoms with van der Waals surface area (Å²) >= 11 is 0. The van der Waals surface area contributed by atoms with Gasteiger partial charge in [0.05, 0.1) is 0 Å². The van der Waals surface area contributed by atoms with Gasteiger partial charge < -0.3 is 10.2 Å². The van der Waals surface area contributed by atoms with Crippen LogP contribution in [0.1, 0.15) is 37.6 Å². The number of nitrogens with one attached hydrogen (secondary N) is 1. The molecule has 0 spiro atoms. The van der Waals surface area contributed by atoms with Crippen LogP contribution in [-0.2, 0) is 6.54 Å². The molecule has 0 radical (unpaired) electrons. The summed E-state index contributed by atoms with van der Waals surface area (Å²) in [6, 6.07) is 2.14. The van der Waals surface area contributed by atoms with E-state index in [2.05, 4.69) is 57.5 Å². The largest absolute Gasteiger partial charge is 0.348 e. The molecule has 1 heterocycles. The molecule has 106 valence electrons. The molecule has 0 fully saturated rings. The standard InChI is InChI=1S/C16H27N3/c1-8-9-19(16(4,5)6)15-14(11-17-7)12(2)10-13(3)18-15/h8,10,17H,1,9,11H2,2-7H3. The second-order valence-electron chi connectivity index (χ2n) is 5.98. The zero-order valence-electron chi connectivity index (χ0n) is 13.2. The maximum absolute atomic E-state index is 4.78. The lowest BCUT2D eigenvalue weighted by Crippen LogP contribution is -2.43. The molecular weight excluding hydrogens is 234 g/mol. The van der Waals surface area contributed by atoms with Crippen LogP contribution in [0, 0.1) is 13.8 Å². The third-order valence-corrected chi connectivity index (χ3v) is 3.18. The normalized spacial score (nSPS) is 11.5. The summed E-state index contributed by atoms with van der Waals surface area (Å²) < 4.78 is 0. The molecule has 0 saturated heterocycles. The van der Waals surface area contributed by atoms with Gasteiger partial charge in [-0.25, -0.2) is 4.98 Å². The Morgan fingerprint density at radius 1 is 1.37 bits per heavy atom. The summed E-state index contributed by atoms with van der Waals surface area (Å²) in [5, 5.41) is 3.24. The van der Waals surface area contributed by atoms with Gasteiger partial charge in [-0.05, 0) is 53.3 Å². The maximum atomic E-state index is 4.78. The molecule has 3 nitrogen and oxygen atoms in total. The van der Waals surface area contributed by atoms with Gasteiger partial charge in [0.2, 0.25) is 0 Å². The monoisotopic (exact) mass is 261 g/mol. The minimum atomic E-state index is 0.0178. The van der Waals surface area contributed by atoms with Gasteiger partial charge in [0, 0.05) is 29.9 Å². The molecule has 0 atom stereocenters. The van der Waals surface area contributed by atoms with E-state index in [1.54, 1.807) is 0 Å². The van der Waals surface area contributed by atoms with E-state index in [-0.39, 0.29) is 5.54 Å². The first kappa shape index (κ1) is 15.7. The first-order valence-electron chi connectivity index (χ1n) is 6.81. The van der Waals surface area contributed by atoms with Crippen LogP contribution in [0.4, 0.5) is 5.82 Å². The van der Waals surface area contributed by atoms with Gasteiger partial charge in [0.25, 0.3) is 0 Å². The molecule has 0 aliphatic carbocycles. The molecule has 1 N–H and O–H groups in total. The second-order valence-corrected chi connectivity index (χ2v) is 5.98. The highest BCUT2D eigenvalue weighted by molar-refractivity contribution is 5.53. The van der Waals surface area contributed by atoms with Crippen molar-refractivity contribution in [3.63, 3.8) is 0 Å². The molecular formula is C16H27N3. The first-order chi connectivity index (χ1) is 8.81. The Kier molecular flexibility index (Phi) is 5.12. The van der Waals surface area contributed by atoms with Crippen LogP contribution in [0.5, 0.6) is 0 Å². The fraction of sp³-hybridized carbons (Fsp3) is 0.562. The lowest BCUT2D eigenvalue weighted by molar-refractivity contribution is 0.514. The average Bonchev–Trinajstić information content (AvgIpc) is 2.28. The van der Waals surface area contributed by atoms with Crippen LogP contribution >= 0.6 is 0 Å². The number of hydrogen-bond acceptors (Lipinski definition) is 3. The van der Waals surface area contributed by atoms with Crippen LogP contribution in [0.25, 0.3) is 0 Å². The van der Waals surface area contributed by atoms with Crippen molar-refractivity contribution >= 4 is 5.82 Å². The first-order valence-corrected chi connectivity index (χ1v) is 6.81. The Morgan fingerprint density at radius 2 is 2.00 bits per heavy atom. The smallest absolute Gasteiger partial charge is 0.134 e. The van der Waals surface area contributed by atoms with Crippen molar-refractivity contribution in [1.29, 1.82) is 0 Å². The van der Waals surface area contributed by atoms with Gasteiger partial charge in [-0.3, -0.25) is 0 Å². The summed E-state index contributed by atoms with van der Waals surface area (Å²) in [5.41, 5.74) is 3.63. The van der Waals surface area contributed by atoms with Crippen LogP contribution < -0.4 is 10.2 Å². The van der Waals surface area contributed by atoms with Crippen LogP contribution in [-0.4, -0.2) is 24.1 Å². The Morgan fingerprint density at radius 3 is 2.47 bits per heavy atom. The van der Waals surface area contributed by atoms with Gasteiger partial charge in [-0.15, -0.1) is 6.58 Å². The zero-order valence-corrected chi connectivity index (χ0v) is 13.2. The molecule has 0 unspecified atom stereocenters. The SMILES string of the molecule is C=CCN(c1nc(C)cc(C)c1CNC)C(C)(C)C. The van der Waals surface area contributed by atoms with Gasteiger partial charge in [0.1, 0.15) is 5.82 Å². The highest BCUT2D eigenvalue weighted by Gasteiger charge is 2.24. The van der Waals surface area contributed by atoms with Crippen molar-refractivity contribution in [2.45, 2.75) is 46.7 Å². The highest BCUT2D eigenvalue weighted by atomic mass is 15.2. The van der Waals surface area contributed by atoms with E-state index in [4.69, 9.17) is 4.98 Å². The molecule has 0 aromatic carbocycles. The van der Waals surface area contributed by atoms with E-state index in [9.17, 15) is 0 Å².